The summed E-state index contributed by atoms with van der Waals surface area (Å²) in [5.74, 6) is -0.303. The number of benzene rings is 2. The van der Waals surface area contributed by atoms with Crippen molar-refractivity contribution in [2.45, 2.75) is 45.6 Å². The first-order chi connectivity index (χ1) is 15.5. The highest BCUT2D eigenvalue weighted by Crippen LogP contribution is 2.16. The van der Waals surface area contributed by atoms with Crippen LogP contribution in [0.25, 0.3) is 0 Å². The van der Waals surface area contributed by atoms with E-state index in [2.05, 4.69) is 16.0 Å². The van der Waals surface area contributed by atoms with E-state index in [1.54, 1.807) is 42.5 Å². The first kappa shape index (κ1) is 23.3. The summed E-state index contributed by atoms with van der Waals surface area (Å²) in [5.41, 5.74) is 2.51. The summed E-state index contributed by atoms with van der Waals surface area (Å²) in [6, 6.07) is 14.2. The number of hydrogen-bond acceptors (Lipinski definition) is 4. The quantitative estimate of drug-likeness (QED) is 0.586. The van der Waals surface area contributed by atoms with Gasteiger partial charge in [0.15, 0.2) is 0 Å². The van der Waals surface area contributed by atoms with Crippen molar-refractivity contribution in [1.29, 1.82) is 0 Å². The maximum Gasteiger partial charge on any atom is 0.253 e. The lowest BCUT2D eigenvalue weighted by molar-refractivity contribution is -0.114. The smallest absolute Gasteiger partial charge is 0.253 e. The maximum absolute atomic E-state index is 12.5. The third kappa shape index (κ3) is 6.57. The van der Waals surface area contributed by atoms with Crippen LogP contribution in [-0.2, 0) is 4.79 Å². The van der Waals surface area contributed by atoms with Gasteiger partial charge in [0.05, 0.1) is 6.54 Å². The molecule has 0 bridgehead atoms. The molecule has 1 atom stereocenters. The molecule has 0 aromatic heterocycles. The highest BCUT2D eigenvalue weighted by atomic mass is 16.2. The molecule has 0 spiro atoms. The fourth-order valence-electron chi connectivity index (χ4n) is 3.54. The summed E-state index contributed by atoms with van der Waals surface area (Å²) in [5, 5.41) is 8.80. The molecule has 7 nitrogen and oxygen atoms in total. The molecule has 1 unspecified atom stereocenters. The van der Waals surface area contributed by atoms with Gasteiger partial charge in [-0.15, -0.1) is 0 Å². The third-order valence-corrected chi connectivity index (χ3v) is 5.63. The van der Waals surface area contributed by atoms with E-state index < -0.39 is 0 Å². The SMILES string of the molecule is CCC(C)NC(=O)c1cccc(NCC(=O)Nc2ccc(C(=O)N3CCCCC3)cc2)c1. The number of anilines is 2. The van der Waals surface area contributed by atoms with Crippen molar-refractivity contribution in [3.63, 3.8) is 0 Å². The Morgan fingerprint density at radius 2 is 1.66 bits per heavy atom. The molecule has 0 radical (unpaired) electrons. The van der Waals surface area contributed by atoms with Gasteiger partial charge >= 0.3 is 0 Å². The van der Waals surface area contributed by atoms with Crippen LogP contribution in [0.15, 0.2) is 48.5 Å². The van der Waals surface area contributed by atoms with E-state index in [1.807, 2.05) is 24.8 Å². The Hall–Kier alpha value is -3.35. The minimum Gasteiger partial charge on any atom is -0.376 e. The van der Waals surface area contributed by atoms with Crippen molar-refractivity contribution in [2.24, 2.45) is 0 Å². The summed E-state index contributed by atoms with van der Waals surface area (Å²) in [7, 11) is 0. The number of nitrogens with zero attached hydrogens (tertiary/aromatic N) is 1. The minimum atomic E-state index is -0.213. The molecule has 3 amide bonds. The second-order valence-electron chi connectivity index (χ2n) is 8.20. The Labute approximate surface area is 189 Å². The zero-order valence-corrected chi connectivity index (χ0v) is 18.8. The van der Waals surface area contributed by atoms with E-state index in [0.29, 0.717) is 22.5 Å². The lowest BCUT2D eigenvalue weighted by Gasteiger charge is -2.26. The Balaban J connectivity index is 1.50. The Morgan fingerprint density at radius 3 is 2.34 bits per heavy atom. The Morgan fingerprint density at radius 1 is 0.938 bits per heavy atom. The molecule has 1 aliphatic heterocycles. The van der Waals surface area contributed by atoms with Crippen molar-refractivity contribution in [3.05, 3.63) is 59.7 Å². The highest BCUT2D eigenvalue weighted by molar-refractivity contribution is 5.97. The van der Waals surface area contributed by atoms with Gasteiger partial charge in [-0.05, 0) is 75.1 Å². The van der Waals surface area contributed by atoms with Gasteiger partial charge in [0.2, 0.25) is 5.91 Å². The molecule has 7 heteroatoms. The molecule has 170 valence electrons. The second kappa shape index (κ2) is 11.3. The van der Waals surface area contributed by atoms with E-state index in [4.69, 9.17) is 0 Å². The first-order valence-corrected chi connectivity index (χ1v) is 11.3. The normalized spacial score (nSPS) is 14.4. The largest absolute Gasteiger partial charge is 0.376 e. The van der Waals surface area contributed by atoms with E-state index >= 15 is 0 Å². The number of nitrogens with one attached hydrogen (secondary N) is 3. The van der Waals surface area contributed by atoms with Crippen molar-refractivity contribution in [3.8, 4) is 0 Å². The standard InChI is InChI=1S/C25H32N4O3/c1-3-18(2)27-24(31)20-8-7-9-22(16-20)26-17-23(30)28-21-12-10-19(11-13-21)25(32)29-14-5-4-6-15-29/h7-13,16,18,26H,3-6,14-15,17H2,1-2H3,(H,27,31)(H,28,30). The molecular weight excluding hydrogens is 404 g/mol. The van der Waals surface area contributed by atoms with E-state index in [9.17, 15) is 14.4 Å². The summed E-state index contributed by atoms with van der Waals surface area (Å²) < 4.78 is 0. The molecule has 2 aromatic rings. The molecule has 1 fully saturated rings. The van der Waals surface area contributed by atoms with Crippen molar-refractivity contribution < 1.29 is 14.4 Å². The van der Waals surface area contributed by atoms with Crippen LogP contribution in [0.4, 0.5) is 11.4 Å². The first-order valence-electron chi connectivity index (χ1n) is 11.3. The van der Waals surface area contributed by atoms with Crippen LogP contribution in [0.2, 0.25) is 0 Å². The summed E-state index contributed by atoms with van der Waals surface area (Å²) in [4.78, 5) is 39.0. The summed E-state index contributed by atoms with van der Waals surface area (Å²) in [6.45, 7) is 5.65. The average molecular weight is 437 g/mol. The van der Waals surface area contributed by atoms with Gasteiger partial charge in [-0.25, -0.2) is 0 Å². The van der Waals surface area contributed by atoms with Gasteiger partial charge < -0.3 is 20.9 Å². The fourth-order valence-corrected chi connectivity index (χ4v) is 3.54. The number of piperidine rings is 1. The van der Waals surface area contributed by atoms with Gasteiger partial charge in [0.1, 0.15) is 0 Å². The molecule has 3 rings (SSSR count). The third-order valence-electron chi connectivity index (χ3n) is 5.63. The number of carbonyl (C=O) groups is 3. The molecule has 2 aromatic carbocycles. The van der Waals surface area contributed by atoms with Gasteiger partial charge in [0.25, 0.3) is 11.8 Å². The Bertz CT molecular complexity index is 936. The van der Waals surface area contributed by atoms with Crippen LogP contribution >= 0.6 is 0 Å². The zero-order valence-electron chi connectivity index (χ0n) is 18.8. The molecule has 1 aliphatic rings. The van der Waals surface area contributed by atoms with E-state index in [0.717, 1.165) is 32.4 Å². The van der Waals surface area contributed by atoms with Gasteiger partial charge in [-0.1, -0.05) is 13.0 Å². The predicted molar refractivity (Wildman–Crippen MR) is 127 cm³/mol. The average Bonchev–Trinajstić information content (AvgIpc) is 2.83. The monoisotopic (exact) mass is 436 g/mol. The molecule has 32 heavy (non-hydrogen) atoms. The van der Waals surface area contributed by atoms with Crippen LogP contribution in [0.5, 0.6) is 0 Å². The molecule has 0 aliphatic carbocycles. The van der Waals surface area contributed by atoms with Gasteiger partial charge in [-0.2, -0.15) is 0 Å². The number of hydrogen-bond donors (Lipinski definition) is 3. The van der Waals surface area contributed by atoms with Crippen LogP contribution < -0.4 is 16.0 Å². The lowest BCUT2D eigenvalue weighted by Crippen LogP contribution is -2.35. The van der Waals surface area contributed by atoms with Gasteiger partial charge in [-0.3, -0.25) is 14.4 Å². The second-order valence-corrected chi connectivity index (χ2v) is 8.20. The molecule has 3 N–H and O–H groups in total. The van der Waals surface area contributed by atoms with Crippen molar-refractivity contribution in [1.82, 2.24) is 10.2 Å². The van der Waals surface area contributed by atoms with Crippen LogP contribution in [-0.4, -0.2) is 48.3 Å². The van der Waals surface area contributed by atoms with Crippen LogP contribution in [0.1, 0.15) is 60.2 Å². The number of amides is 3. The van der Waals surface area contributed by atoms with Crippen molar-refractivity contribution >= 4 is 29.1 Å². The van der Waals surface area contributed by atoms with E-state index in [-0.39, 0.29) is 30.3 Å². The van der Waals surface area contributed by atoms with Crippen molar-refractivity contribution in [2.75, 3.05) is 30.3 Å². The van der Waals surface area contributed by atoms with Gasteiger partial charge in [0, 0.05) is 41.6 Å². The van der Waals surface area contributed by atoms with Crippen LogP contribution in [0, 0.1) is 0 Å². The summed E-state index contributed by atoms with van der Waals surface area (Å²) >= 11 is 0. The fraction of sp³-hybridized carbons (Fsp3) is 0.400. The van der Waals surface area contributed by atoms with Crippen LogP contribution in [0.3, 0.4) is 0 Å². The number of carbonyl (C=O) groups excluding carboxylic acids is 3. The Kier molecular flexibility index (Phi) is 8.25. The lowest BCUT2D eigenvalue weighted by atomic mass is 10.1. The number of likely N-dealkylation sites (tertiary alicyclic amines) is 1. The maximum atomic E-state index is 12.5. The molecule has 1 heterocycles. The zero-order chi connectivity index (χ0) is 22.9. The predicted octanol–water partition coefficient (Wildman–Crippen LogP) is 3.89. The van der Waals surface area contributed by atoms with E-state index in [1.165, 1.54) is 6.42 Å². The minimum absolute atomic E-state index is 0.0430. The highest BCUT2D eigenvalue weighted by Gasteiger charge is 2.18. The summed E-state index contributed by atoms with van der Waals surface area (Å²) in [6.07, 6.45) is 4.15. The number of rotatable bonds is 8. The molecule has 0 saturated carbocycles. The molecule has 1 saturated heterocycles. The molecular formula is C25H32N4O3. The topological polar surface area (TPSA) is 90.5 Å².